The monoisotopic (exact) mass is 155 g/mol. The molecule has 1 radical (unpaired) electrons. The normalized spacial score (nSPS) is 30.4. The van der Waals surface area contributed by atoms with Crippen molar-refractivity contribution < 1.29 is 4.84 Å². The van der Waals surface area contributed by atoms with Gasteiger partial charge in [0.2, 0.25) is 0 Å². The van der Waals surface area contributed by atoms with Crippen molar-refractivity contribution in [2.24, 2.45) is 10.1 Å². The number of thioether (sulfide) groups is 1. The molecule has 1 unspecified atom stereocenters. The zero-order valence-electron chi connectivity index (χ0n) is 5.41. The second kappa shape index (κ2) is 2.62. The molecule has 2 heterocycles. The van der Waals surface area contributed by atoms with Crippen molar-refractivity contribution in [3.63, 3.8) is 0 Å². The van der Waals surface area contributed by atoms with Crippen LogP contribution in [0.4, 0.5) is 0 Å². The van der Waals surface area contributed by atoms with Crippen LogP contribution < -0.4 is 0 Å². The van der Waals surface area contributed by atoms with Gasteiger partial charge in [-0.2, -0.15) is 0 Å². The summed E-state index contributed by atoms with van der Waals surface area (Å²) >= 11 is 1.62. The quantitative estimate of drug-likeness (QED) is 0.561. The van der Waals surface area contributed by atoms with E-state index in [1.54, 1.807) is 11.8 Å². The molecule has 0 saturated carbocycles. The smallest absolute Gasteiger partial charge is 0.123 e. The highest BCUT2D eigenvalue weighted by molar-refractivity contribution is 8.12. The van der Waals surface area contributed by atoms with Gasteiger partial charge in [0, 0.05) is 12.2 Å². The third-order valence-electron chi connectivity index (χ3n) is 1.53. The van der Waals surface area contributed by atoms with E-state index in [1.165, 1.54) is 0 Å². The molecule has 10 heavy (non-hydrogen) atoms. The fourth-order valence-electron chi connectivity index (χ4n) is 0.977. The molecular weight excluding hydrogens is 148 g/mol. The van der Waals surface area contributed by atoms with Crippen LogP contribution >= 0.6 is 11.8 Å². The van der Waals surface area contributed by atoms with Gasteiger partial charge in [-0.15, -0.1) is 11.8 Å². The van der Waals surface area contributed by atoms with Crippen LogP contribution in [0.5, 0.6) is 0 Å². The van der Waals surface area contributed by atoms with Crippen molar-refractivity contribution in [1.82, 2.24) is 0 Å². The third kappa shape index (κ3) is 1.03. The first-order valence-corrected chi connectivity index (χ1v) is 4.21. The second-order valence-electron chi connectivity index (χ2n) is 2.21. The summed E-state index contributed by atoms with van der Waals surface area (Å²) in [5.41, 5.74) is 3.94. The van der Waals surface area contributed by atoms with Gasteiger partial charge in [-0.05, 0) is 0 Å². The van der Waals surface area contributed by atoms with Crippen molar-refractivity contribution in [2.45, 2.75) is 12.5 Å². The van der Waals surface area contributed by atoms with Crippen LogP contribution in [0, 0.1) is 0 Å². The molecule has 3 nitrogen and oxygen atoms in total. The number of aliphatic imine (C=N–C) groups is 1. The molecule has 2 aliphatic heterocycles. The minimum absolute atomic E-state index is 0.257. The van der Waals surface area contributed by atoms with Crippen LogP contribution in [-0.2, 0) is 4.84 Å². The molecule has 0 N–H and O–H groups in total. The van der Waals surface area contributed by atoms with E-state index in [0.717, 1.165) is 24.5 Å². The van der Waals surface area contributed by atoms with Crippen LogP contribution in [0.25, 0.3) is 0 Å². The lowest BCUT2D eigenvalue weighted by Crippen LogP contribution is -2.16. The molecule has 53 valence electrons. The summed E-state index contributed by atoms with van der Waals surface area (Å²) in [6.45, 7) is 0.728. The fraction of sp³-hybridized carbons (Fsp3) is 0.667. The zero-order chi connectivity index (χ0) is 6.81. The van der Waals surface area contributed by atoms with Gasteiger partial charge in [0.05, 0.1) is 5.71 Å². The largest absolute Gasteiger partial charge is 0.395 e. The van der Waals surface area contributed by atoms with Gasteiger partial charge in [0.1, 0.15) is 18.2 Å². The molecule has 0 amide bonds. The van der Waals surface area contributed by atoms with Crippen molar-refractivity contribution >= 4 is 23.0 Å². The summed E-state index contributed by atoms with van der Waals surface area (Å²) in [5, 5.41) is 3.89. The summed E-state index contributed by atoms with van der Waals surface area (Å²) in [6, 6.07) is 0.257. The molecule has 0 spiro atoms. The van der Waals surface area contributed by atoms with E-state index < -0.39 is 0 Å². The minimum atomic E-state index is 0.257. The average molecular weight is 155 g/mol. The van der Waals surface area contributed by atoms with E-state index in [-0.39, 0.29) is 6.04 Å². The third-order valence-corrected chi connectivity index (χ3v) is 2.25. The fourth-order valence-corrected chi connectivity index (χ4v) is 1.68. The van der Waals surface area contributed by atoms with Crippen LogP contribution in [-0.4, -0.2) is 29.7 Å². The number of hydrogen-bond acceptors (Lipinski definition) is 4. The Balaban J connectivity index is 2.04. The van der Waals surface area contributed by atoms with Gasteiger partial charge in [0.25, 0.3) is 0 Å². The highest BCUT2D eigenvalue weighted by atomic mass is 32.2. The maximum absolute atomic E-state index is 4.86. The zero-order valence-corrected chi connectivity index (χ0v) is 6.23. The minimum Gasteiger partial charge on any atom is -0.395 e. The standard InChI is InChI=1S/C6H7N2OS/c1-2-9-8-5(1)6-3-10-4-7-6/h6H,1-3H2. The Bertz CT molecular complexity index is 190. The first-order valence-electron chi connectivity index (χ1n) is 3.22. The second-order valence-corrected chi connectivity index (χ2v) is 3.02. The van der Waals surface area contributed by atoms with E-state index in [2.05, 4.69) is 15.7 Å². The molecule has 0 aromatic carbocycles. The van der Waals surface area contributed by atoms with Crippen molar-refractivity contribution in [3.05, 3.63) is 0 Å². The lowest BCUT2D eigenvalue weighted by atomic mass is 10.2. The molecule has 1 atom stereocenters. The van der Waals surface area contributed by atoms with E-state index >= 15 is 0 Å². The van der Waals surface area contributed by atoms with Crippen LogP contribution in [0.2, 0.25) is 0 Å². The van der Waals surface area contributed by atoms with Crippen molar-refractivity contribution in [1.29, 1.82) is 0 Å². The van der Waals surface area contributed by atoms with E-state index in [9.17, 15) is 0 Å². The Labute approximate surface area is 63.5 Å². The summed E-state index contributed by atoms with van der Waals surface area (Å²) in [7, 11) is 0. The van der Waals surface area contributed by atoms with Crippen LogP contribution in [0.15, 0.2) is 10.1 Å². The Kier molecular flexibility index (Phi) is 1.63. The topological polar surface area (TPSA) is 34.0 Å². The van der Waals surface area contributed by atoms with Crippen molar-refractivity contribution in [2.75, 3.05) is 12.4 Å². The van der Waals surface area contributed by atoms with Gasteiger partial charge in [-0.3, -0.25) is 4.99 Å². The molecule has 4 heteroatoms. The highest BCUT2D eigenvalue weighted by Crippen LogP contribution is 2.16. The molecule has 0 aliphatic carbocycles. The maximum atomic E-state index is 4.86. The number of hydrogen-bond donors (Lipinski definition) is 0. The van der Waals surface area contributed by atoms with Gasteiger partial charge in [-0.25, -0.2) is 0 Å². The van der Waals surface area contributed by atoms with Gasteiger partial charge >= 0.3 is 0 Å². The van der Waals surface area contributed by atoms with E-state index in [4.69, 9.17) is 4.84 Å². The molecular formula is C6H7N2OS. The first kappa shape index (κ1) is 6.22. The first-order chi connectivity index (χ1) is 4.97. The number of oxime groups is 1. The van der Waals surface area contributed by atoms with Gasteiger partial charge < -0.3 is 4.84 Å². The summed E-state index contributed by atoms with van der Waals surface area (Å²) in [5.74, 6) is 0.988. The lowest BCUT2D eigenvalue weighted by Gasteiger charge is -2.00. The predicted octanol–water partition coefficient (Wildman–Crippen LogP) is 0.783. The maximum Gasteiger partial charge on any atom is 0.123 e. The molecule has 0 aromatic rings. The number of rotatable bonds is 1. The Morgan fingerprint density at radius 1 is 1.70 bits per heavy atom. The summed E-state index contributed by atoms with van der Waals surface area (Å²) in [4.78, 5) is 8.98. The van der Waals surface area contributed by atoms with Crippen LogP contribution in [0.3, 0.4) is 0 Å². The summed E-state index contributed by atoms with van der Waals surface area (Å²) in [6.07, 6.45) is 0.941. The Hall–Kier alpha value is -0.510. The van der Waals surface area contributed by atoms with Crippen LogP contribution in [0.1, 0.15) is 6.42 Å². The van der Waals surface area contributed by atoms with E-state index in [0.29, 0.717) is 0 Å². The number of nitrogens with zero attached hydrogens (tertiary/aromatic N) is 2. The SMILES string of the molecule is [C]1=NC(C2=NOCC2)CS1. The Morgan fingerprint density at radius 3 is 3.30 bits per heavy atom. The Morgan fingerprint density at radius 2 is 2.70 bits per heavy atom. The molecule has 0 saturated heterocycles. The lowest BCUT2D eigenvalue weighted by molar-refractivity contribution is 0.173. The van der Waals surface area contributed by atoms with Gasteiger partial charge in [0.15, 0.2) is 0 Å². The van der Waals surface area contributed by atoms with E-state index in [1.807, 2.05) is 0 Å². The predicted molar refractivity (Wildman–Crippen MR) is 41.7 cm³/mol. The highest BCUT2D eigenvalue weighted by Gasteiger charge is 2.21. The molecule has 0 fully saturated rings. The molecule has 0 bridgehead atoms. The molecule has 2 aliphatic rings. The summed E-state index contributed by atoms with van der Waals surface area (Å²) < 4.78 is 0. The van der Waals surface area contributed by atoms with Crippen molar-refractivity contribution in [3.8, 4) is 0 Å². The van der Waals surface area contributed by atoms with Gasteiger partial charge in [-0.1, -0.05) is 5.16 Å². The molecule has 2 rings (SSSR count). The molecule has 0 aromatic heterocycles. The average Bonchev–Trinajstić information content (AvgIpc) is 2.59.